The third-order valence-corrected chi connectivity index (χ3v) is 2.63. The van der Waals surface area contributed by atoms with Crippen LogP contribution in [0.4, 0.5) is 5.69 Å². The summed E-state index contributed by atoms with van der Waals surface area (Å²) in [5.41, 5.74) is 0.577. The van der Waals surface area contributed by atoms with Gasteiger partial charge in [-0.05, 0) is 38.5 Å². The molecule has 0 unspecified atom stereocenters. The van der Waals surface area contributed by atoms with Gasteiger partial charge in [-0.1, -0.05) is 6.07 Å². The molecule has 1 aromatic carbocycles. The van der Waals surface area contributed by atoms with Gasteiger partial charge in [0.25, 0.3) is 5.91 Å². The highest BCUT2D eigenvalue weighted by Gasteiger charge is 2.20. The van der Waals surface area contributed by atoms with Crippen LogP contribution in [0.1, 0.15) is 37.6 Å². The molecule has 0 radical (unpaired) electrons. The summed E-state index contributed by atoms with van der Waals surface area (Å²) in [6.07, 6.45) is 0.476. The van der Waals surface area contributed by atoms with E-state index >= 15 is 0 Å². The first kappa shape index (κ1) is 15.2. The van der Waals surface area contributed by atoms with Gasteiger partial charge in [0, 0.05) is 30.3 Å². The van der Waals surface area contributed by atoms with E-state index in [0.29, 0.717) is 17.7 Å². The number of aliphatic hydroxyl groups is 1. The predicted molar refractivity (Wildman–Crippen MR) is 74.0 cm³/mol. The lowest BCUT2D eigenvalue weighted by Gasteiger charge is -2.25. The molecule has 0 aliphatic carbocycles. The first-order chi connectivity index (χ1) is 8.84. The van der Waals surface area contributed by atoms with Gasteiger partial charge in [0.05, 0.1) is 0 Å². The van der Waals surface area contributed by atoms with Gasteiger partial charge in [-0.2, -0.15) is 0 Å². The van der Waals surface area contributed by atoms with E-state index in [1.54, 1.807) is 24.3 Å². The van der Waals surface area contributed by atoms with Crippen molar-refractivity contribution in [3.8, 4) is 0 Å². The second-order valence-corrected chi connectivity index (χ2v) is 5.07. The van der Waals surface area contributed by atoms with Gasteiger partial charge < -0.3 is 15.7 Å². The van der Waals surface area contributed by atoms with Crippen LogP contribution < -0.4 is 10.6 Å². The molecule has 0 aromatic heterocycles. The molecule has 1 rings (SSSR count). The van der Waals surface area contributed by atoms with Crippen LogP contribution in [-0.2, 0) is 4.79 Å². The average Bonchev–Trinajstić information content (AvgIpc) is 2.27. The fourth-order valence-corrected chi connectivity index (χ4v) is 1.66. The van der Waals surface area contributed by atoms with Crippen molar-refractivity contribution in [2.75, 3.05) is 11.9 Å². The third kappa shape index (κ3) is 5.09. The van der Waals surface area contributed by atoms with Gasteiger partial charge in [0.2, 0.25) is 5.91 Å². The maximum atomic E-state index is 12.1. The number of nitrogens with one attached hydrogen (secondary N) is 2. The van der Waals surface area contributed by atoms with Crippen LogP contribution in [0.2, 0.25) is 0 Å². The molecule has 0 saturated carbocycles. The van der Waals surface area contributed by atoms with E-state index in [1.165, 1.54) is 6.92 Å². The smallest absolute Gasteiger partial charge is 0.251 e. The topological polar surface area (TPSA) is 78.4 Å². The minimum absolute atomic E-state index is 0.0131. The molecule has 0 aliphatic rings. The molecule has 3 N–H and O–H groups in total. The van der Waals surface area contributed by atoms with E-state index in [4.69, 9.17) is 5.11 Å². The number of carbonyl (C=O) groups is 2. The lowest BCUT2D eigenvalue weighted by molar-refractivity contribution is -0.114. The molecular formula is C14H20N2O3. The molecule has 104 valence electrons. The van der Waals surface area contributed by atoms with Crippen LogP contribution in [0.3, 0.4) is 0 Å². The Labute approximate surface area is 113 Å². The quantitative estimate of drug-likeness (QED) is 0.754. The Hall–Kier alpha value is -1.88. The summed E-state index contributed by atoms with van der Waals surface area (Å²) in [6, 6.07) is 6.72. The molecule has 5 nitrogen and oxygen atoms in total. The third-order valence-electron chi connectivity index (χ3n) is 2.63. The number of aliphatic hydroxyl groups excluding tert-OH is 1. The van der Waals surface area contributed by atoms with Crippen LogP contribution in [0.5, 0.6) is 0 Å². The van der Waals surface area contributed by atoms with Gasteiger partial charge in [-0.3, -0.25) is 9.59 Å². The standard InChI is InChI=1S/C14H20N2O3/c1-10(18)15-12-6-4-5-11(9-12)13(19)16-14(2,3)7-8-17/h4-6,9,17H,7-8H2,1-3H3,(H,15,18)(H,16,19). The second kappa shape index (κ2) is 6.33. The summed E-state index contributed by atoms with van der Waals surface area (Å²) in [5.74, 6) is -0.413. The molecule has 0 atom stereocenters. The van der Waals surface area contributed by atoms with E-state index in [1.807, 2.05) is 13.8 Å². The molecule has 0 heterocycles. The maximum absolute atomic E-state index is 12.1. The Bertz CT molecular complexity index is 470. The van der Waals surface area contributed by atoms with Crippen LogP contribution in [0.25, 0.3) is 0 Å². The van der Waals surface area contributed by atoms with E-state index < -0.39 is 5.54 Å². The molecule has 5 heteroatoms. The molecule has 19 heavy (non-hydrogen) atoms. The van der Waals surface area contributed by atoms with Gasteiger partial charge in [-0.15, -0.1) is 0 Å². The van der Waals surface area contributed by atoms with E-state index in [0.717, 1.165) is 0 Å². The highest BCUT2D eigenvalue weighted by molar-refractivity contribution is 5.97. The van der Waals surface area contributed by atoms with Crippen molar-refractivity contribution in [1.29, 1.82) is 0 Å². The molecule has 0 bridgehead atoms. The summed E-state index contributed by atoms with van der Waals surface area (Å²) in [6.45, 7) is 5.12. The van der Waals surface area contributed by atoms with E-state index in [-0.39, 0.29) is 18.4 Å². The predicted octanol–water partition coefficient (Wildman–Crippen LogP) is 1.54. The molecule has 2 amide bonds. The molecule has 0 aliphatic heterocycles. The summed E-state index contributed by atoms with van der Waals surface area (Å²) in [5, 5.41) is 14.4. The fourth-order valence-electron chi connectivity index (χ4n) is 1.66. The largest absolute Gasteiger partial charge is 0.396 e. The van der Waals surface area contributed by atoms with Crippen LogP contribution >= 0.6 is 0 Å². The van der Waals surface area contributed by atoms with E-state index in [2.05, 4.69) is 10.6 Å². The highest BCUT2D eigenvalue weighted by atomic mass is 16.3. The Morgan fingerprint density at radius 1 is 1.32 bits per heavy atom. The van der Waals surface area contributed by atoms with Gasteiger partial charge >= 0.3 is 0 Å². The second-order valence-electron chi connectivity index (χ2n) is 5.07. The number of anilines is 1. The lowest BCUT2D eigenvalue weighted by Crippen LogP contribution is -2.44. The minimum Gasteiger partial charge on any atom is -0.396 e. The molecular weight excluding hydrogens is 244 g/mol. The number of hydrogen-bond acceptors (Lipinski definition) is 3. The van der Waals surface area contributed by atoms with Crippen molar-refractivity contribution in [3.63, 3.8) is 0 Å². The zero-order valence-corrected chi connectivity index (χ0v) is 11.5. The van der Waals surface area contributed by atoms with Gasteiger partial charge in [0.1, 0.15) is 0 Å². The molecule has 0 fully saturated rings. The van der Waals surface area contributed by atoms with Crippen molar-refractivity contribution in [2.45, 2.75) is 32.7 Å². The van der Waals surface area contributed by atoms with Crippen LogP contribution in [0, 0.1) is 0 Å². The number of carbonyl (C=O) groups excluding carboxylic acids is 2. The maximum Gasteiger partial charge on any atom is 0.251 e. The van der Waals surface area contributed by atoms with Crippen molar-refractivity contribution in [3.05, 3.63) is 29.8 Å². The highest BCUT2D eigenvalue weighted by Crippen LogP contribution is 2.13. The van der Waals surface area contributed by atoms with Crippen LogP contribution in [0.15, 0.2) is 24.3 Å². The molecule has 0 saturated heterocycles. The Balaban J connectivity index is 2.79. The van der Waals surface area contributed by atoms with Gasteiger partial charge in [-0.25, -0.2) is 0 Å². The zero-order valence-electron chi connectivity index (χ0n) is 11.5. The molecule has 0 spiro atoms. The summed E-state index contributed by atoms with van der Waals surface area (Å²) in [4.78, 5) is 23.0. The monoisotopic (exact) mass is 264 g/mol. The Kier molecular flexibility index (Phi) is 5.06. The first-order valence-electron chi connectivity index (χ1n) is 6.15. The first-order valence-corrected chi connectivity index (χ1v) is 6.15. The van der Waals surface area contributed by atoms with Gasteiger partial charge in [0.15, 0.2) is 0 Å². The number of amides is 2. The van der Waals surface area contributed by atoms with Crippen molar-refractivity contribution >= 4 is 17.5 Å². The average molecular weight is 264 g/mol. The summed E-state index contributed by atoms with van der Waals surface area (Å²) >= 11 is 0. The van der Waals surface area contributed by atoms with Crippen molar-refractivity contribution < 1.29 is 14.7 Å². The zero-order chi connectivity index (χ0) is 14.5. The number of hydrogen-bond donors (Lipinski definition) is 3. The number of rotatable bonds is 5. The summed E-state index contributed by atoms with van der Waals surface area (Å²) < 4.78 is 0. The SMILES string of the molecule is CC(=O)Nc1cccc(C(=O)NC(C)(C)CCO)c1. The van der Waals surface area contributed by atoms with Crippen LogP contribution in [-0.4, -0.2) is 29.1 Å². The summed E-state index contributed by atoms with van der Waals surface area (Å²) in [7, 11) is 0. The van der Waals surface area contributed by atoms with Crippen molar-refractivity contribution in [2.24, 2.45) is 0 Å². The molecule has 1 aromatic rings. The van der Waals surface area contributed by atoms with Crippen molar-refractivity contribution in [1.82, 2.24) is 5.32 Å². The lowest BCUT2D eigenvalue weighted by atomic mass is 10.0. The fraction of sp³-hybridized carbons (Fsp3) is 0.429. The normalized spacial score (nSPS) is 10.9. The Morgan fingerprint density at radius 2 is 2.00 bits per heavy atom. The van der Waals surface area contributed by atoms with E-state index in [9.17, 15) is 9.59 Å². The number of benzene rings is 1. The Morgan fingerprint density at radius 3 is 2.58 bits per heavy atom. The minimum atomic E-state index is -0.476.